The molecule has 8 heteroatoms. The summed E-state index contributed by atoms with van der Waals surface area (Å²) in [5.41, 5.74) is 3.30. The summed E-state index contributed by atoms with van der Waals surface area (Å²) in [6.07, 6.45) is 0. The van der Waals surface area contributed by atoms with Crippen molar-refractivity contribution in [1.82, 2.24) is 10.6 Å². The SMILES string of the molecule is Cl.O=C1CNCC2=C1C(c1ccc(F)c(Br)c1)C1=C(COCC1=O)N2. The molecule has 0 fully saturated rings. The fourth-order valence-electron chi connectivity index (χ4n) is 3.47. The Bertz CT molecular complexity index is 795. The molecule has 3 aliphatic rings. The summed E-state index contributed by atoms with van der Waals surface area (Å²) in [4.78, 5) is 25.0. The lowest BCUT2D eigenvalue weighted by Gasteiger charge is -2.37. The molecule has 5 nitrogen and oxygen atoms in total. The Hall–Kier alpha value is -1.54. The predicted molar refractivity (Wildman–Crippen MR) is 95.0 cm³/mol. The van der Waals surface area contributed by atoms with Crippen molar-refractivity contribution >= 4 is 39.9 Å². The van der Waals surface area contributed by atoms with Crippen molar-refractivity contribution in [3.8, 4) is 0 Å². The van der Waals surface area contributed by atoms with E-state index in [4.69, 9.17) is 4.74 Å². The summed E-state index contributed by atoms with van der Waals surface area (Å²) in [6.45, 7) is 1.04. The first-order chi connectivity index (χ1) is 11.6. The van der Waals surface area contributed by atoms with Crippen LogP contribution < -0.4 is 10.6 Å². The van der Waals surface area contributed by atoms with Gasteiger partial charge in [0.25, 0.3) is 0 Å². The van der Waals surface area contributed by atoms with Gasteiger partial charge in [-0.05, 0) is 33.6 Å². The second kappa shape index (κ2) is 6.99. The smallest absolute Gasteiger partial charge is 0.187 e. The maximum atomic E-state index is 13.6. The minimum Gasteiger partial charge on any atom is -0.367 e. The van der Waals surface area contributed by atoms with E-state index in [1.165, 1.54) is 6.07 Å². The van der Waals surface area contributed by atoms with Crippen LogP contribution in [0.15, 0.2) is 45.2 Å². The molecule has 0 radical (unpaired) electrons. The highest BCUT2D eigenvalue weighted by molar-refractivity contribution is 9.10. The molecule has 1 aromatic rings. The molecule has 0 amide bonds. The molecule has 0 spiro atoms. The first-order valence-corrected chi connectivity index (χ1v) is 8.38. The first-order valence-electron chi connectivity index (χ1n) is 7.59. The molecule has 1 atom stereocenters. The number of benzene rings is 1. The zero-order valence-electron chi connectivity index (χ0n) is 13.0. The zero-order chi connectivity index (χ0) is 16.8. The van der Waals surface area contributed by atoms with Crippen LogP contribution in [0.25, 0.3) is 0 Å². The molecular weight excluding hydrogens is 415 g/mol. The Labute approximate surface area is 158 Å². The van der Waals surface area contributed by atoms with Crippen molar-refractivity contribution in [1.29, 1.82) is 0 Å². The van der Waals surface area contributed by atoms with Gasteiger partial charge in [0, 0.05) is 35.0 Å². The molecular formula is C17H15BrClFN2O3. The first kappa shape index (κ1) is 18.3. The van der Waals surface area contributed by atoms with Crippen molar-refractivity contribution in [2.24, 2.45) is 0 Å². The van der Waals surface area contributed by atoms with Crippen molar-refractivity contribution in [3.63, 3.8) is 0 Å². The number of hydrogen-bond donors (Lipinski definition) is 2. The molecule has 4 rings (SSSR count). The maximum Gasteiger partial charge on any atom is 0.187 e. The van der Waals surface area contributed by atoms with E-state index in [1.54, 1.807) is 12.1 Å². The molecule has 0 aromatic heterocycles. The van der Waals surface area contributed by atoms with Gasteiger partial charge in [0.1, 0.15) is 12.4 Å². The van der Waals surface area contributed by atoms with E-state index in [0.717, 1.165) is 11.3 Å². The van der Waals surface area contributed by atoms with Crippen LogP contribution in [-0.2, 0) is 14.3 Å². The molecule has 0 saturated carbocycles. The Morgan fingerprint density at radius 1 is 1.08 bits per heavy atom. The Kier molecular flexibility index (Phi) is 5.11. The van der Waals surface area contributed by atoms with Crippen LogP contribution in [0.3, 0.4) is 0 Å². The van der Waals surface area contributed by atoms with Gasteiger partial charge in [0.2, 0.25) is 0 Å². The van der Waals surface area contributed by atoms with Crippen LogP contribution >= 0.6 is 28.3 Å². The summed E-state index contributed by atoms with van der Waals surface area (Å²) in [7, 11) is 0. The van der Waals surface area contributed by atoms with Gasteiger partial charge in [-0.25, -0.2) is 4.39 Å². The summed E-state index contributed by atoms with van der Waals surface area (Å²) >= 11 is 3.19. The van der Waals surface area contributed by atoms with Gasteiger partial charge in [-0.2, -0.15) is 0 Å². The van der Waals surface area contributed by atoms with Crippen molar-refractivity contribution in [2.75, 3.05) is 26.3 Å². The Morgan fingerprint density at radius 2 is 1.84 bits per heavy atom. The lowest BCUT2D eigenvalue weighted by Crippen LogP contribution is -2.45. The molecule has 1 aromatic carbocycles. The number of hydrogen-bond acceptors (Lipinski definition) is 5. The predicted octanol–water partition coefficient (Wildman–Crippen LogP) is 1.98. The van der Waals surface area contributed by atoms with Crippen LogP contribution in [-0.4, -0.2) is 37.9 Å². The average molecular weight is 430 g/mol. The number of carbonyl (C=O) groups is 2. The minimum atomic E-state index is -0.487. The molecule has 132 valence electrons. The van der Waals surface area contributed by atoms with E-state index in [9.17, 15) is 14.0 Å². The lowest BCUT2D eigenvalue weighted by molar-refractivity contribution is -0.121. The van der Waals surface area contributed by atoms with Gasteiger partial charge in [-0.3, -0.25) is 9.59 Å². The van der Waals surface area contributed by atoms with Gasteiger partial charge in [-0.15, -0.1) is 12.4 Å². The normalized spacial score (nSPS) is 22.9. The van der Waals surface area contributed by atoms with Gasteiger partial charge in [0.05, 0.1) is 17.6 Å². The maximum absolute atomic E-state index is 13.6. The van der Waals surface area contributed by atoms with Gasteiger partial charge >= 0.3 is 0 Å². The number of nitrogens with one attached hydrogen (secondary N) is 2. The van der Waals surface area contributed by atoms with Crippen LogP contribution in [0.2, 0.25) is 0 Å². The van der Waals surface area contributed by atoms with Gasteiger partial charge < -0.3 is 15.4 Å². The number of carbonyl (C=O) groups excluding carboxylic acids is 2. The minimum absolute atomic E-state index is 0. The highest BCUT2D eigenvalue weighted by atomic mass is 79.9. The fourth-order valence-corrected chi connectivity index (χ4v) is 3.86. The number of ketones is 2. The lowest BCUT2D eigenvalue weighted by atomic mass is 9.76. The van der Waals surface area contributed by atoms with E-state index in [0.29, 0.717) is 34.5 Å². The van der Waals surface area contributed by atoms with Crippen LogP contribution in [0.1, 0.15) is 11.5 Å². The second-order valence-electron chi connectivity index (χ2n) is 5.96. The number of dihydropyridines is 1. The highest BCUT2D eigenvalue weighted by Gasteiger charge is 2.40. The van der Waals surface area contributed by atoms with E-state index in [1.807, 2.05) is 0 Å². The van der Waals surface area contributed by atoms with Gasteiger partial charge in [0.15, 0.2) is 11.6 Å². The zero-order valence-corrected chi connectivity index (χ0v) is 15.4. The molecule has 0 aliphatic carbocycles. The standard InChI is InChI=1S/C17H14BrFN2O3.ClH/c18-9-3-8(1-2-10(9)19)15-16-11(4-20-5-13(16)22)21-12-6-24-7-14(23)17(12)15;/h1-3,15,20-21H,4-7H2;1H. The van der Waals surface area contributed by atoms with E-state index in [2.05, 4.69) is 26.6 Å². The molecule has 1 unspecified atom stereocenters. The van der Waals surface area contributed by atoms with E-state index >= 15 is 0 Å². The monoisotopic (exact) mass is 428 g/mol. The van der Waals surface area contributed by atoms with Crippen LogP contribution in [0.4, 0.5) is 4.39 Å². The largest absolute Gasteiger partial charge is 0.367 e. The number of ether oxygens (including phenoxy) is 1. The van der Waals surface area contributed by atoms with E-state index in [-0.39, 0.29) is 42.9 Å². The summed E-state index contributed by atoms with van der Waals surface area (Å²) in [5, 5.41) is 6.23. The second-order valence-corrected chi connectivity index (χ2v) is 6.81. The van der Waals surface area contributed by atoms with Crippen molar-refractivity contribution in [3.05, 3.63) is 56.6 Å². The number of Topliss-reactive ketones (excluding diaryl/α,β-unsaturated/α-hetero) is 2. The van der Waals surface area contributed by atoms with Crippen molar-refractivity contribution < 1.29 is 18.7 Å². The third kappa shape index (κ3) is 3.06. The Balaban J connectivity index is 0.00000182. The third-order valence-corrected chi connectivity index (χ3v) is 5.08. The highest BCUT2D eigenvalue weighted by Crippen LogP contribution is 2.41. The molecule has 3 aliphatic heterocycles. The summed E-state index contributed by atoms with van der Waals surface area (Å²) in [5.74, 6) is -1.07. The molecule has 0 bridgehead atoms. The van der Waals surface area contributed by atoms with Crippen LogP contribution in [0.5, 0.6) is 0 Å². The Morgan fingerprint density at radius 3 is 2.60 bits per heavy atom. The molecule has 25 heavy (non-hydrogen) atoms. The van der Waals surface area contributed by atoms with E-state index < -0.39 is 5.92 Å². The number of halogens is 3. The average Bonchev–Trinajstić information content (AvgIpc) is 2.56. The summed E-state index contributed by atoms with van der Waals surface area (Å²) < 4.78 is 19.3. The molecule has 2 N–H and O–H groups in total. The topological polar surface area (TPSA) is 67.4 Å². The summed E-state index contributed by atoms with van der Waals surface area (Å²) in [6, 6.07) is 4.61. The quantitative estimate of drug-likeness (QED) is 0.715. The third-order valence-electron chi connectivity index (χ3n) is 4.47. The molecule has 0 saturated heterocycles. The van der Waals surface area contributed by atoms with Gasteiger partial charge in [-0.1, -0.05) is 6.07 Å². The number of rotatable bonds is 1. The van der Waals surface area contributed by atoms with Crippen molar-refractivity contribution in [2.45, 2.75) is 5.92 Å². The molecule has 3 heterocycles. The van der Waals surface area contributed by atoms with Crippen LogP contribution in [0, 0.1) is 5.82 Å². The fraction of sp³-hybridized carbons (Fsp3) is 0.294.